The van der Waals surface area contributed by atoms with Crippen molar-refractivity contribution >= 4 is 5.65 Å². The molecule has 31 heavy (non-hydrogen) atoms. The van der Waals surface area contributed by atoms with Gasteiger partial charge in [-0.25, -0.2) is 9.50 Å². The van der Waals surface area contributed by atoms with E-state index in [-0.39, 0.29) is 11.4 Å². The molecule has 0 amide bonds. The summed E-state index contributed by atoms with van der Waals surface area (Å²) in [5, 5.41) is 11.6. The summed E-state index contributed by atoms with van der Waals surface area (Å²) in [7, 11) is 2.14. The lowest BCUT2D eigenvalue weighted by Gasteiger charge is -2.27. The normalized spacial score (nSPS) is 15.7. The molecular formula is C23H26N6O2. The molecule has 0 saturated carbocycles. The molecule has 0 spiro atoms. The quantitative estimate of drug-likeness (QED) is 0.547. The van der Waals surface area contributed by atoms with Gasteiger partial charge in [0.1, 0.15) is 5.56 Å². The number of benzene rings is 1. The van der Waals surface area contributed by atoms with E-state index in [2.05, 4.69) is 27.2 Å². The van der Waals surface area contributed by atoms with Crippen LogP contribution in [0.2, 0.25) is 0 Å². The molecule has 160 valence electrons. The number of likely N-dealkylation sites (tertiary alicyclic amines) is 1. The van der Waals surface area contributed by atoms with Crippen molar-refractivity contribution in [2.24, 2.45) is 5.92 Å². The molecule has 1 aromatic carbocycles. The number of fused-ring (bicyclic) bond motifs is 1. The zero-order chi connectivity index (χ0) is 21.5. The fourth-order valence-corrected chi connectivity index (χ4v) is 4.44. The standard InChI is InChI=1S/C23H26N6O2/c1-14-20(22-26-25-18(31-22)13-16-9-11-28(3)12-10-16)23(30)29-21(24-14)19(15(2)27-29)17-7-5-4-6-8-17/h4-8,16,27H,9-13H2,1-3H3. The van der Waals surface area contributed by atoms with Crippen LogP contribution in [0, 0.1) is 19.8 Å². The molecule has 4 aromatic rings. The maximum atomic E-state index is 13.3. The second kappa shape index (κ2) is 7.77. The second-order valence-electron chi connectivity index (χ2n) is 8.47. The number of rotatable bonds is 4. The van der Waals surface area contributed by atoms with Crippen molar-refractivity contribution < 1.29 is 4.42 Å². The van der Waals surface area contributed by atoms with Crippen LogP contribution >= 0.6 is 0 Å². The van der Waals surface area contributed by atoms with Gasteiger partial charge in [0.2, 0.25) is 5.89 Å². The number of piperidine rings is 1. The number of aromatic nitrogens is 5. The van der Waals surface area contributed by atoms with Crippen LogP contribution in [0.1, 0.15) is 30.1 Å². The van der Waals surface area contributed by atoms with Crippen LogP contribution in [-0.2, 0) is 6.42 Å². The molecule has 8 heteroatoms. The Bertz CT molecular complexity index is 1280. The lowest BCUT2D eigenvalue weighted by Crippen LogP contribution is -2.30. The topological polar surface area (TPSA) is 92.3 Å². The van der Waals surface area contributed by atoms with Gasteiger partial charge in [-0.3, -0.25) is 9.89 Å². The first-order chi connectivity index (χ1) is 15.0. The minimum atomic E-state index is -0.234. The van der Waals surface area contributed by atoms with E-state index in [0.29, 0.717) is 28.7 Å². The monoisotopic (exact) mass is 418 g/mol. The third-order valence-corrected chi connectivity index (χ3v) is 6.19. The number of H-pyrrole nitrogens is 1. The first-order valence-corrected chi connectivity index (χ1v) is 10.7. The van der Waals surface area contributed by atoms with Crippen LogP contribution in [0.25, 0.3) is 28.2 Å². The van der Waals surface area contributed by atoms with Crippen LogP contribution in [-0.4, -0.2) is 49.8 Å². The number of aryl methyl sites for hydroxylation is 2. The van der Waals surface area contributed by atoms with E-state index < -0.39 is 0 Å². The van der Waals surface area contributed by atoms with Gasteiger partial charge in [-0.1, -0.05) is 30.3 Å². The van der Waals surface area contributed by atoms with Crippen LogP contribution < -0.4 is 5.56 Å². The molecule has 0 unspecified atom stereocenters. The molecule has 0 aliphatic carbocycles. The summed E-state index contributed by atoms with van der Waals surface area (Å²) < 4.78 is 7.40. The summed E-state index contributed by atoms with van der Waals surface area (Å²) >= 11 is 0. The smallest absolute Gasteiger partial charge is 0.285 e. The van der Waals surface area contributed by atoms with Gasteiger partial charge in [-0.15, -0.1) is 10.2 Å². The fraction of sp³-hybridized carbons (Fsp3) is 0.391. The SMILES string of the molecule is Cc1nc2c(-c3ccccc3)c(C)[nH]n2c(=O)c1-c1nnc(CC2CCN(C)CC2)o1. The van der Waals surface area contributed by atoms with Gasteiger partial charge in [0.25, 0.3) is 11.4 Å². The molecule has 1 fully saturated rings. The highest BCUT2D eigenvalue weighted by Crippen LogP contribution is 2.28. The Morgan fingerprint density at radius 2 is 1.84 bits per heavy atom. The predicted molar refractivity (Wildman–Crippen MR) is 118 cm³/mol. The van der Waals surface area contributed by atoms with Crippen molar-refractivity contribution in [2.75, 3.05) is 20.1 Å². The molecule has 0 atom stereocenters. The van der Waals surface area contributed by atoms with Gasteiger partial charge in [-0.05, 0) is 58.3 Å². The summed E-state index contributed by atoms with van der Waals surface area (Å²) in [5.74, 6) is 1.36. The molecule has 8 nitrogen and oxygen atoms in total. The average Bonchev–Trinajstić information content (AvgIpc) is 3.34. The highest BCUT2D eigenvalue weighted by atomic mass is 16.4. The number of nitrogens with zero attached hydrogens (tertiary/aromatic N) is 5. The molecule has 1 saturated heterocycles. The summed E-state index contributed by atoms with van der Waals surface area (Å²) in [6, 6.07) is 9.94. The van der Waals surface area contributed by atoms with Crippen molar-refractivity contribution in [3.05, 3.63) is 58.0 Å². The van der Waals surface area contributed by atoms with Gasteiger partial charge in [-0.2, -0.15) is 0 Å². The predicted octanol–water partition coefficient (Wildman–Crippen LogP) is 3.24. The summed E-state index contributed by atoms with van der Waals surface area (Å²) in [5.41, 5.74) is 4.09. The van der Waals surface area contributed by atoms with Crippen molar-refractivity contribution in [3.8, 4) is 22.6 Å². The first kappa shape index (κ1) is 19.7. The Balaban J connectivity index is 1.52. The third kappa shape index (κ3) is 3.57. The Morgan fingerprint density at radius 3 is 2.58 bits per heavy atom. The maximum Gasteiger partial charge on any atom is 0.285 e. The van der Waals surface area contributed by atoms with E-state index in [1.807, 2.05) is 44.2 Å². The summed E-state index contributed by atoms with van der Waals surface area (Å²) in [6.07, 6.45) is 2.98. The van der Waals surface area contributed by atoms with E-state index in [9.17, 15) is 4.79 Å². The van der Waals surface area contributed by atoms with Gasteiger partial charge in [0, 0.05) is 17.7 Å². The van der Waals surface area contributed by atoms with E-state index in [4.69, 9.17) is 9.40 Å². The first-order valence-electron chi connectivity index (χ1n) is 10.7. The number of aromatic amines is 1. The lowest BCUT2D eigenvalue weighted by molar-refractivity contribution is 0.212. The van der Waals surface area contributed by atoms with Crippen LogP contribution in [0.5, 0.6) is 0 Å². The van der Waals surface area contributed by atoms with Crippen molar-refractivity contribution in [2.45, 2.75) is 33.1 Å². The molecule has 1 aliphatic rings. The second-order valence-corrected chi connectivity index (χ2v) is 8.47. The highest BCUT2D eigenvalue weighted by molar-refractivity contribution is 5.80. The van der Waals surface area contributed by atoms with E-state index in [1.165, 1.54) is 4.52 Å². The molecular weight excluding hydrogens is 392 g/mol. The molecule has 5 rings (SSSR count). The third-order valence-electron chi connectivity index (χ3n) is 6.19. The minimum Gasteiger partial charge on any atom is -0.420 e. The zero-order valence-corrected chi connectivity index (χ0v) is 18.1. The molecule has 3 aromatic heterocycles. The Hall–Kier alpha value is -3.26. The number of hydrogen-bond acceptors (Lipinski definition) is 6. The van der Waals surface area contributed by atoms with E-state index in [0.717, 1.165) is 49.2 Å². The maximum absolute atomic E-state index is 13.3. The van der Waals surface area contributed by atoms with Crippen LogP contribution in [0.3, 0.4) is 0 Å². The fourth-order valence-electron chi connectivity index (χ4n) is 4.44. The lowest BCUT2D eigenvalue weighted by atomic mass is 9.94. The van der Waals surface area contributed by atoms with Crippen molar-refractivity contribution in [1.82, 2.24) is 29.7 Å². The summed E-state index contributed by atoms with van der Waals surface area (Å²) in [4.78, 5) is 20.4. The number of nitrogens with one attached hydrogen (secondary N) is 1. The molecule has 1 aliphatic heterocycles. The van der Waals surface area contributed by atoms with Crippen molar-refractivity contribution in [1.29, 1.82) is 0 Å². The largest absolute Gasteiger partial charge is 0.420 e. The molecule has 0 radical (unpaired) electrons. The number of hydrogen-bond donors (Lipinski definition) is 1. The van der Waals surface area contributed by atoms with Crippen LogP contribution in [0.4, 0.5) is 0 Å². The van der Waals surface area contributed by atoms with E-state index >= 15 is 0 Å². The Morgan fingerprint density at radius 1 is 1.10 bits per heavy atom. The molecule has 0 bridgehead atoms. The molecule has 4 heterocycles. The van der Waals surface area contributed by atoms with Gasteiger partial charge >= 0.3 is 0 Å². The summed E-state index contributed by atoms with van der Waals surface area (Å²) in [6.45, 7) is 5.93. The minimum absolute atomic E-state index is 0.234. The van der Waals surface area contributed by atoms with Crippen molar-refractivity contribution in [3.63, 3.8) is 0 Å². The highest BCUT2D eigenvalue weighted by Gasteiger charge is 2.24. The van der Waals surface area contributed by atoms with Gasteiger partial charge in [0.05, 0.1) is 5.69 Å². The Labute approximate surface area is 179 Å². The Kier molecular flexibility index (Phi) is 4.94. The average molecular weight is 419 g/mol. The molecule has 1 N–H and O–H groups in total. The zero-order valence-electron chi connectivity index (χ0n) is 18.1. The van der Waals surface area contributed by atoms with Gasteiger partial charge in [0.15, 0.2) is 5.65 Å². The van der Waals surface area contributed by atoms with E-state index in [1.54, 1.807) is 0 Å². The van der Waals surface area contributed by atoms with Crippen LogP contribution in [0.15, 0.2) is 39.5 Å². The van der Waals surface area contributed by atoms with Gasteiger partial charge < -0.3 is 9.32 Å².